The molecule has 1 aromatic carbocycles. The third-order valence-electron chi connectivity index (χ3n) is 9.99. The number of carboxylic acid groups (broad SMARTS) is 1. The van der Waals surface area contributed by atoms with E-state index in [1.807, 2.05) is 0 Å². The fourth-order valence-electron chi connectivity index (χ4n) is 7.93. The second-order valence-electron chi connectivity index (χ2n) is 11.7. The van der Waals surface area contributed by atoms with E-state index in [2.05, 4.69) is 30.4 Å². The Morgan fingerprint density at radius 3 is 2.61 bits per heavy atom. The highest BCUT2D eigenvalue weighted by Gasteiger charge is 2.58. The normalized spacial score (nSPS) is 37.2. The summed E-state index contributed by atoms with van der Waals surface area (Å²) in [6.45, 7) is 4.41. The highest BCUT2D eigenvalue weighted by molar-refractivity contribution is 5.96. The molecule has 3 N–H and O–H groups in total. The Labute approximate surface area is 213 Å². The number of nitrogens with one attached hydrogen (secondary N) is 1. The van der Waals surface area contributed by atoms with Crippen LogP contribution in [0, 0.1) is 28.6 Å². The minimum Gasteiger partial charge on any atom is -0.479 e. The topological polar surface area (TPSA) is 108 Å². The molecule has 0 aromatic heterocycles. The van der Waals surface area contributed by atoms with Crippen molar-refractivity contribution in [2.24, 2.45) is 33.7 Å². The SMILES string of the molecule is C[C@]12CC[C@@H]3[C@H](CCC4=C/C(=N\OCC(=O)N[C@@H](C(=O)O)c5ccccc5)CC[C@@]43C)[C@H]1CC[C@@H]2O. The number of carbonyl (C=O) groups excluding carboxylic acids is 1. The van der Waals surface area contributed by atoms with Gasteiger partial charge in [0.15, 0.2) is 12.6 Å². The molecular formula is C29H38N2O5. The van der Waals surface area contributed by atoms with Gasteiger partial charge in [-0.25, -0.2) is 4.79 Å². The Balaban J connectivity index is 1.21. The average Bonchev–Trinajstić information content (AvgIpc) is 3.17. The van der Waals surface area contributed by atoms with Gasteiger partial charge in [-0.3, -0.25) is 4.79 Å². The van der Waals surface area contributed by atoms with Crippen molar-refractivity contribution in [1.82, 2.24) is 5.32 Å². The number of allylic oxidation sites excluding steroid dienone is 2. The van der Waals surface area contributed by atoms with Gasteiger partial charge in [0.2, 0.25) is 0 Å². The van der Waals surface area contributed by atoms with Crippen molar-refractivity contribution in [3.63, 3.8) is 0 Å². The van der Waals surface area contributed by atoms with Crippen LogP contribution in [-0.4, -0.2) is 40.5 Å². The van der Waals surface area contributed by atoms with Crippen LogP contribution >= 0.6 is 0 Å². The van der Waals surface area contributed by atoms with Gasteiger partial charge < -0.3 is 20.4 Å². The van der Waals surface area contributed by atoms with Gasteiger partial charge in [-0.05, 0) is 91.6 Å². The fraction of sp³-hybridized carbons (Fsp3) is 0.621. The first-order valence-electron chi connectivity index (χ1n) is 13.4. The molecule has 0 bridgehead atoms. The summed E-state index contributed by atoms with van der Waals surface area (Å²) in [5.41, 5.74) is 3.06. The number of aliphatic hydroxyl groups is 1. The zero-order valence-corrected chi connectivity index (χ0v) is 21.3. The van der Waals surface area contributed by atoms with Crippen LogP contribution in [0.5, 0.6) is 0 Å². The molecule has 3 saturated carbocycles. The molecule has 7 nitrogen and oxygen atoms in total. The van der Waals surface area contributed by atoms with E-state index in [1.54, 1.807) is 30.3 Å². The van der Waals surface area contributed by atoms with E-state index in [0.717, 1.165) is 44.2 Å². The summed E-state index contributed by atoms with van der Waals surface area (Å²) in [6, 6.07) is 7.48. The van der Waals surface area contributed by atoms with Gasteiger partial charge in [0.1, 0.15) is 0 Å². The molecule has 1 aromatic rings. The molecule has 0 spiro atoms. The lowest BCUT2D eigenvalue weighted by molar-refractivity contribution is -0.142. The zero-order chi connectivity index (χ0) is 25.5. The first kappa shape index (κ1) is 25.0. The Kier molecular flexibility index (Phi) is 6.70. The van der Waals surface area contributed by atoms with Crippen molar-refractivity contribution >= 4 is 17.6 Å². The molecule has 0 saturated heterocycles. The number of carbonyl (C=O) groups is 2. The summed E-state index contributed by atoms with van der Waals surface area (Å²) in [4.78, 5) is 29.3. The summed E-state index contributed by atoms with van der Waals surface area (Å²) in [5.74, 6) is 0.330. The molecule has 1 amide bonds. The van der Waals surface area contributed by atoms with Crippen LogP contribution in [0.3, 0.4) is 0 Å². The third-order valence-corrected chi connectivity index (χ3v) is 9.99. The molecule has 0 heterocycles. The van der Waals surface area contributed by atoms with Crippen LogP contribution < -0.4 is 5.32 Å². The van der Waals surface area contributed by atoms with Crippen LogP contribution in [0.15, 0.2) is 47.1 Å². The number of nitrogens with zero attached hydrogens (tertiary/aromatic N) is 1. The number of aliphatic hydroxyl groups excluding tert-OH is 1. The standard InChI is InChI=1S/C29H38N2O5/c1-28-14-12-20(31-36-17-25(33)30-26(27(34)35)18-6-4-3-5-7-18)16-19(28)8-9-21-22-10-11-24(32)29(22,2)15-13-23(21)28/h3-7,16,21-24,26,32H,8-15,17H2,1-2H3,(H,30,33)(H,34,35)/b31-20-/t21-,22-,23-,24+,26-,28+,29+/m1/s1. The Morgan fingerprint density at radius 1 is 1.08 bits per heavy atom. The Bertz CT molecular complexity index is 1070. The van der Waals surface area contributed by atoms with Gasteiger partial charge in [0.05, 0.1) is 11.8 Å². The molecule has 5 rings (SSSR count). The van der Waals surface area contributed by atoms with Crippen LogP contribution in [0.4, 0.5) is 0 Å². The number of carboxylic acids is 1. The van der Waals surface area contributed by atoms with E-state index in [1.165, 1.54) is 18.4 Å². The van der Waals surface area contributed by atoms with Crippen molar-refractivity contribution in [2.45, 2.75) is 77.4 Å². The Morgan fingerprint density at radius 2 is 1.86 bits per heavy atom. The molecule has 4 aliphatic carbocycles. The second kappa shape index (κ2) is 9.66. The van der Waals surface area contributed by atoms with E-state index < -0.39 is 17.9 Å². The van der Waals surface area contributed by atoms with Gasteiger partial charge in [0.25, 0.3) is 5.91 Å². The van der Waals surface area contributed by atoms with Gasteiger partial charge in [0, 0.05) is 0 Å². The van der Waals surface area contributed by atoms with Crippen LogP contribution in [0.25, 0.3) is 0 Å². The van der Waals surface area contributed by atoms with E-state index in [-0.39, 0.29) is 23.5 Å². The molecule has 7 atom stereocenters. The first-order valence-corrected chi connectivity index (χ1v) is 13.4. The fourth-order valence-corrected chi connectivity index (χ4v) is 7.93. The van der Waals surface area contributed by atoms with E-state index >= 15 is 0 Å². The number of rotatable bonds is 6. The summed E-state index contributed by atoms with van der Waals surface area (Å²) >= 11 is 0. The number of hydrogen-bond acceptors (Lipinski definition) is 5. The molecule has 3 fully saturated rings. The number of oxime groups is 1. The number of hydrogen-bond donors (Lipinski definition) is 3. The smallest absolute Gasteiger partial charge is 0.330 e. The largest absolute Gasteiger partial charge is 0.479 e. The van der Waals surface area contributed by atoms with Crippen molar-refractivity contribution in [3.8, 4) is 0 Å². The molecule has 0 aliphatic heterocycles. The van der Waals surface area contributed by atoms with Gasteiger partial charge >= 0.3 is 5.97 Å². The average molecular weight is 495 g/mol. The van der Waals surface area contributed by atoms with Crippen molar-refractivity contribution < 1.29 is 24.6 Å². The van der Waals surface area contributed by atoms with E-state index in [0.29, 0.717) is 23.3 Å². The highest BCUT2D eigenvalue weighted by atomic mass is 16.6. The highest BCUT2D eigenvalue weighted by Crippen LogP contribution is 2.65. The zero-order valence-electron chi connectivity index (χ0n) is 21.3. The quantitative estimate of drug-likeness (QED) is 0.500. The maximum absolute atomic E-state index is 12.3. The van der Waals surface area contributed by atoms with Crippen LogP contribution in [0.1, 0.15) is 76.8 Å². The molecule has 194 valence electrons. The molecule has 4 aliphatic rings. The monoisotopic (exact) mass is 494 g/mol. The van der Waals surface area contributed by atoms with Gasteiger partial charge in [-0.15, -0.1) is 0 Å². The van der Waals surface area contributed by atoms with Crippen molar-refractivity contribution in [2.75, 3.05) is 6.61 Å². The predicted molar refractivity (Wildman–Crippen MR) is 136 cm³/mol. The maximum atomic E-state index is 12.3. The molecule has 7 heteroatoms. The lowest BCUT2D eigenvalue weighted by atomic mass is 9.47. The number of amides is 1. The minimum absolute atomic E-state index is 0.0919. The van der Waals surface area contributed by atoms with Gasteiger partial charge in [-0.1, -0.05) is 54.9 Å². The first-order chi connectivity index (χ1) is 17.2. The predicted octanol–water partition coefficient (Wildman–Crippen LogP) is 4.62. The van der Waals surface area contributed by atoms with E-state index in [4.69, 9.17) is 4.84 Å². The molecule has 0 radical (unpaired) electrons. The minimum atomic E-state index is -1.12. The lowest BCUT2D eigenvalue weighted by Crippen LogP contribution is -2.51. The number of aliphatic carboxylic acids is 1. The second-order valence-corrected chi connectivity index (χ2v) is 11.7. The molecular weight excluding hydrogens is 456 g/mol. The summed E-state index contributed by atoms with van der Waals surface area (Å²) in [7, 11) is 0. The third kappa shape index (κ3) is 4.36. The van der Waals surface area contributed by atoms with Crippen LogP contribution in [0.2, 0.25) is 0 Å². The van der Waals surface area contributed by atoms with Gasteiger partial charge in [-0.2, -0.15) is 0 Å². The van der Waals surface area contributed by atoms with Crippen molar-refractivity contribution in [3.05, 3.63) is 47.5 Å². The number of fused-ring (bicyclic) bond motifs is 5. The summed E-state index contributed by atoms with van der Waals surface area (Å²) in [6.07, 6.45) is 10.5. The summed E-state index contributed by atoms with van der Waals surface area (Å²) in [5, 5.41) is 26.9. The van der Waals surface area contributed by atoms with E-state index in [9.17, 15) is 19.8 Å². The number of benzene rings is 1. The lowest BCUT2D eigenvalue weighted by Gasteiger charge is -2.57. The van der Waals surface area contributed by atoms with Crippen molar-refractivity contribution in [1.29, 1.82) is 0 Å². The van der Waals surface area contributed by atoms with Crippen LogP contribution in [-0.2, 0) is 14.4 Å². The summed E-state index contributed by atoms with van der Waals surface area (Å²) < 4.78 is 0. The maximum Gasteiger partial charge on any atom is 0.330 e. The Hall–Kier alpha value is -2.67. The molecule has 36 heavy (non-hydrogen) atoms. The molecule has 0 unspecified atom stereocenters.